The number of piperidine rings is 1. The number of nitrogens with one attached hydrogen (secondary N) is 2. The van der Waals surface area contributed by atoms with Gasteiger partial charge in [-0.2, -0.15) is 12.7 Å². The maximum atomic E-state index is 12.6. The Hall–Kier alpha value is -0.660. The summed E-state index contributed by atoms with van der Waals surface area (Å²) in [4.78, 5) is 0. The normalized spacial score (nSPS) is 28.0. The Morgan fingerprint density at radius 1 is 1.21 bits per heavy atom. The van der Waals surface area contributed by atoms with Crippen LogP contribution in [0.4, 0.5) is 0 Å². The number of halogens is 1. The van der Waals surface area contributed by atoms with E-state index in [0.717, 1.165) is 19.4 Å². The van der Waals surface area contributed by atoms with E-state index in [1.165, 1.54) is 11.1 Å². The molecule has 1 saturated heterocycles. The molecule has 0 spiro atoms. The molecule has 0 aromatic heterocycles. The Kier molecular flexibility index (Phi) is 6.67. The number of rotatable bonds is 4. The molecule has 0 radical (unpaired) electrons. The Balaban J connectivity index is 0.00000208. The Labute approximate surface area is 151 Å². The van der Waals surface area contributed by atoms with Gasteiger partial charge in [0, 0.05) is 25.7 Å². The topological polar surface area (TPSA) is 61.4 Å². The Morgan fingerprint density at radius 3 is 2.58 bits per heavy atom. The first kappa shape index (κ1) is 19.7. The second-order valence-electron chi connectivity index (χ2n) is 7.07. The third kappa shape index (κ3) is 4.49. The van der Waals surface area contributed by atoms with E-state index in [0.29, 0.717) is 31.5 Å². The average Bonchev–Trinajstić information content (AvgIpc) is 2.52. The van der Waals surface area contributed by atoms with Crippen LogP contribution in [-0.2, 0) is 16.6 Å². The lowest BCUT2D eigenvalue weighted by Crippen LogP contribution is -2.49. The predicted octanol–water partition coefficient (Wildman–Crippen LogP) is 2.11. The summed E-state index contributed by atoms with van der Waals surface area (Å²) in [5.41, 5.74) is 2.53. The van der Waals surface area contributed by atoms with Crippen molar-refractivity contribution in [2.75, 3.05) is 26.2 Å². The molecule has 1 aromatic rings. The highest BCUT2D eigenvalue weighted by atomic mass is 35.5. The molecule has 1 aromatic carbocycles. The zero-order valence-electron chi connectivity index (χ0n) is 14.4. The monoisotopic (exact) mass is 373 g/mol. The zero-order valence-corrected chi connectivity index (χ0v) is 16.0. The quantitative estimate of drug-likeness (QED) is 0.849. The van der Waals surface area contributed by atoms with Gasteiger partial charge in [0.05, 0.1) is 0 Å². The van der Waals surface area contributed by atoms with Crippen LogP contribution in [0.3, 0.4) is 0 Å². The summed E-state index contributed by atoms with van der Waals surface area (Å²) in [7, 11) is -3.41. The Morgan fingerprint density at radius 2 is 1.88 bits per heavy atom. The van der Waals surface area contributed by atoms with Crippen molar-refractivity contribution in [3.63, 3.8) is 0 Å². The van der Waals surface area contributed by atoms with Crippen LogP contribution < -0.4 is 10.0 Å². The maximum Gasteiger partial charge on any atom is 0.279 e. The molecular weight excluding hydrogens is 346 g/mol. The second kappa shape index (κ2) is 8.15. The van der Waals surface area contributed by atoms with Crippen molar-refractivity contribution in [2.24, 2.45) is 11.8 Å². The summed E-state index contributed by atoms with van der Waals surface area (Å²) in [6, 6.07) is 8.33. The molecule has 0 amide bonds. The molecular formula is C17H28ClN3O2S. The highest BCUT2D eigenvalue weighted by Crippen LogP contribution is 2.24. The lowest BCUT2D eigenvalue weighted by molar-refractivity contribution is 0.220. The molecule has 3 rings (SSSR count). The highest BCUT2D eigenvalue weighted by molar-refractivity contribution is 7.87. The van der Waals surface area contributed by atoms with E-state index in [2.05, 4.69) is 36.0 Å². The van der Waals surface area contributed by atoms with Crippen LogP contribution in [0.25, 0.3) is 0 Å². The van der Waals surface area contributed by atoms with Crippen molar-refractivity contribution in [1.29, 1.82) is 0 Å². The van der Waals surface area contributed by atoms with Gasteiger partial charge in [-0.3, -0.25) is 0 Å². The third-order valence-corrected chi connectivity index (χ3v) is 6.37. The van der Waals surface area contributed by atoms with Crippen LogP contribution in [0.15, 0.2) is 24.3 Å². The second-order valence-corrected chi connectivity index (χ2v) is 8.83. The minimum absolute atomic E-state index is 0. The van der Waals surface area contributed by atoms with Crippen molar-refractivity contribution in [3.05, 3.63) is 35.4 Å². The largest absolute Gasteiger partial charge is 0.308 e. The van der Waals surface area contributed by atoms with Gasteiger partial charge in [-0.05, 0) is 42.3 Å². The molecule has 136 valence electrons. The van der Waals surface area contributed by atoms with Gasteiger partial charge in [-0.25, -0.2) is 4.72 Å². The fraction of sp³-hybridized carbons (Fsp3) is 0.647. The highest BCUT2D eigenvalue weighted by Gasteiger charge is 2.31. The zero-order chi connectivity index (χ0) is 16.4. The van der Waals surface area contributed by atoms with Crippen molar-refractivity contribution < 1.29 is 8.42 Å². The predicted molar refractivity (Wildman–Crippen MR) is 99.6 cm³/mol. The number of fused-ring (bicyclic) bond motifs is 1. The van der Waals surface area contributed by atoms with E-state index >= 15 is 0 Å². The minimum Gasteiger partial charge on any atom is -0.308 e. The smallest absolute Gasteiger partial charge is 0.279 e. The lowest BCUT2D eigenvalue weighted by atomic mass is 9.94. The molecule has 2 aliphatic rings. The average molecular weight is 374 g/mol. The molecule has 2 heterocycles. The number of hydrogen-bond donors (Lipinski definition) is 2. The Bertz CT molecular complexity index is 643. The SMILES string of the molecule is CC1CC(C)CN(S(=O)(=O)NCC2NCCc3ccccc32)C1.Cl. The van der Waals surface area contributed by atoms with Gasteiger partial charge in [-0.1, -0.05) is 38.1 Å². The van der Waals surface area contributed by atoms with Crippen LogP contribution in [0.1, 0.15) is 37.4 Å². The number of nitrogens with zero attached hydrogens (tertiary/aromatic N) is 1. The van der Waals surface area contributed by atoms with Crippen molar-refractivity contribution in [2.45, 2.75) is 32.7 Å². The summed E-state index contributed by atoms with van der Waals surface area (Å²) in [5.74, 6) is 0.840. The van der Waals surface area contributed by atoms with E-state index in [9.17, 15) is 8.42 Å². The van der Waals surface area contributed by atoms with Crippen LogP contribution in [-0.4, -0.2) is 38.9 Å². The number of hydrogen-bond acceptors (Lipinski definition) is 3. The summed E-state index contributed by atoms with van der Waals surface area (Å²) >= 11 is 0. The van der Waals surface area contributed by atoms with Gasteiger partial charge < -0.3 is 5.32 Å². The molecule has 2 aliphatic heterocycles. The van der Waals surface area contributed by atoms with Gasteiger partial charge in [0.2, 0.25) is 0 Å². The first-order valence-corrected chi connectivity index (χ1v) is 9.95. The van der Waals surface area contributed by atoms with Gasteiger partial charge in [0.15, 0.2) is 0 Å². The van der Waals surface area contributed by atoms with Crippen molar-refractivity contribution in [3.8, 4) is 0 Å². The molecule has 7 heteroatoms. The van der Waals surface area contributed by atoms with E-state index in [1.807, 2.05) is 12.1 Å². The fourth-order valence-electron chi connectivity index (χ4n) is 3.86. The van der Waals surface area contributed by atoms with E-state index in [4.69, 9.17) is 0 Å². The van der Waals surface area contributed by atoms with E-state index in [1.54, 1.807) is 4.31 Å². The van der Waals surface area contributed by atoms with Crippen molar-refractivity contribution in [1.82, 2.24) is 14.3 Å². The van der Waals surface area contributed by atoms with Crippen LogP contribution in [0, 0.1) is 11.8 Å². The molecule has 3 unspecified atom stereocenters. The molecule has 3 atom stereocenters. The lowest BCUT2D eigenvalue weighted by Gasteiger charge is -2.34. The summed E-state index contributed by atoms with van der Waals surface area (Å²) in [5, 5.41) is 3.42. The molecule has 2 N–H and O–H groups in total. The third-order valence-electron chi connectivity index (χ3n) is 4.86. The maximum absolute atomic E-state index is 12.6. The summed E-state index contributed by atoms with van der Waals surface area (Å²) in [6.07, 6.45) is 2.10. The molecule has 0 saturated carbocycles. The molecule has 5 nitrogen and oxygen atoms in total. The molecule has 24 heavy (non-hydrogen) atoms. The van der Waals surface area contributed by atoms with Gasteiger partial charge in [0.1, 0.15) is 0 Å². The minimum atomic E-state index is -3.41. The summed E-state index contributed by atoms with van der Waals surface area (Å²) < 4.78 is 29.7. The van der Waals surface area contributed by atoms with Crippen LogP contribution in [0.5, 0.6) is 0 Å². The summed E-state index contributed by atoms with van der Waals surface area (Å²) in [6.45, 7) is 6.77. The fourth-order valence-corrected chi connectivity index (χ4v) is 5.32. The van der Waals surface area contributed by atoms with E-state index < -0.39 is 10.2 Å². The molecule has 0 aliphatic carbocycles. The van der Waals surface area contributed by atoms with Gasteiger partial charge in [0.25, 0.3) is 10.2 Å². The van der Waals surface area contributed by atoms with Gasteiger partial charge >= 0.3 is 0 Å². The van der Waals surface area contributed by atoms with Crippen molar-refractivity contribution >= 4 is 22.6 Å². The number of benzene rings is 1. The molecule has 1 fully saturated rings. The van der Waals surface area contributed by atoms with Crippen LogP contribution in [0.2, 0.25) is 0 Å². The standard InChI is InChI=1S/C17H27N3O2S.ClH/c1-13-9-14(2)12-20(11-13)23(21,22)19-10-17-16-6-4-3-5-15(16)7-8-18-17;/h3-6,13-14,17-19H,7-12H2,1-2H3;1H. The first-order chi connectivity index (χ1) is 11.0. The van der Waals surface area contributed by atoms with E-state index in [-0.39, 0.29) is 18.4 Å². The van der Waals surface area contributed by atoms with Crippen LogP contribution >= 0.6 is 12.4 Å². The van der Waals surface area contributed by atoms with Gasteiger partial charge in [-0.15, -0.1) is 12.4 Å². The first-order valence-electron chi connectivity index (χ1n) is 8.51. The molecule has 0 bridgehead atoms.